The normalized spacial score (nSPS) is 21.2. The maximum atomic E-state index is 13.0. The molecule has 1 atom stereocenters. The Hall–Kier alpha value is -1.51. The molecule has 1 saturated carbocycles. The van der Waals surface area contributed by atoms with Crippen molar-refractivity contribution < 1.29 is 28.9 Å². The van der Waals surface area contributed by atoms with Crippen LogP contribution in [0.4, 0.5) is 0 Å². The molecule has 0 aromatic heterocycles. The highest BCUT2D eigenvalue weighted by molar-refractivity contribution is 5.83. The highest BCUT2D eigenvalue weighted by atomic mass is 24.3. The number of rotatable bonds is 7. The van der Waals surface area contributed by atoms with E-state index in [0.29, 0.717) is 42.7 Å². The van der Waals surface area contributed by atoms with Gasteiger partial charge in [0.2, 0.25) is 0 Å². The van der Waals surface area contributed by atoms with E-state index in [4.69, 9.17) is 19.9 Å². The molecule has 0 radical (unpaired) electrons. The van der Waals surface area contributed by atoms with Gasteiger partial charge in [0, 0.05) is 6.07 Å². The fourth-order valence-corrected chi connectivity index (χ4v) is 3.67. The molecule has 0 aliphatic heterocycles. The molecule has 28 heavy (non-hydrogen) atoms. The maximum Gasteiger partial charge on any atom is 0.331 e. The molecule has 1 fully saturated rings. The van der Waals surface area contributed by atoms with Crippen LogP contribution in [-0.4, -0.2) is 60.4 Å². The van der Waals surface area contributed by atoms with E-state index in [1.807, 2.05) is 0 Å². The van der Waals surface area contributed by atoms with Gasteiger partial charge in [0.15, 0.2) is 0 Å². The Morgan fingerprint density at radius 3 is 1.96 bits per heavy atom. The summed E-state index contributed by atoms with van der Waals surface area (Å²) in [6, 6.07) is 5.14. The molecule has 1 aliphatic rings. The summed E-state index contributed by atoms with van der Waals surface area (Å²) in [5.74, 6) is -0.912. The number of carbonyl (C=O) groups excluding carboxylic acids is 1. The molecule has 1 aromatic rings. The standard InChI is InChI=1S/C20H29NO6.Mg.2H/c1-12(2)27-19(24)20(21,14-7-5-13(6-8-14)18(22)23)15-9-16(25-3)11-17(10-15)26-4;;;/h9-14H,5-8,21H2,1-4H3,(H,22,23);;;/t13-,14-,20?;;;. The summed E-state index contributed by atoms with van der Waals surface area (Å²) in [6.07, 6.45) is 1.70. The smallest absolute Gasteiger partial charge is 0.331 e. The third kappa shape index (κ3) is 5.30. The van der Waals surface area contributed by atoms with E-state index in [2.05, 4.69) is 0 Å². The molecule has 2 rings (SSSR count). The van der Waals surface area contributed by atoms with Crippen molar-refractivity contribution in [2.45, 2.75) is 51.2 Å². The number of benzene rings is 1. The number of hydrogen-bond acceptors (Lipinski definition) is 6. The first-order chi connectivity index (χ1) is 12.7. The number of carboxylic acids is 1. The monoisotopic (exact) mass is 405 g/mol. The number of carboxylic acid groups (broad SMARTS) is 1. The zero-order chi connectivity index (χ0) is 20.2. The van der Waals surface area contributed by atoms with Crippen LogP contribution in [0, 0.1) is 11.8 Å². The third-order valence-corrected chi connectivity index (χ3v) is 5.23. The van der Waals surface area contributed by atoms with Gasteiger partial charge < -0.3 is 25.1 Å². The van der Waals surface area contributed by atoms with Gasteiger partial charge in [0.1, 0.15) is 17.0 Å². The van der Waals surface area contributed by atoms with Gasteiger partial charge in [-0.25, -0.2) is 4.79 Å². The number of hydrogen-bond donors (Lipinski definition) is 2. The fourth-order valence-electron chi connectivity index (χ4n) is 3.67. The van der Waals surface area contributed by atoms with E-state index in [-0.39, 0.29) is 35.1 Å². The van der Waals surface area contributed by atoms with Gasteiger partial charge in [-0.15, -0.1) is 0 Å². The minimum Gasteiger partial charge on any atom is -0.497 e. The van der Waals surface area contributed by atoms with Crippen molar-refractivity contribution in [3.05, 3.63) is 23.8 Å². The van der Waals surface area contributed by atoms with Crippen molar-refractivity contribution in [1.82, 2.24) is 0 Å². The first-order valence-electron chi connectivity index (χ1n) is 9.18. The summed E-state index contributed by atoms with van der Waals surface area (Å²) in [4.78, 5) is 24.3. The minimum atomic E-state index is -1.41. The molecule has 8 heteroatoms. The molecule has 1 unspecified atom stereocenters. The van der Waals surface area contributed by atoms with Gasteiger partial charge >= 0.3 is 35.0 Å². The Bertz CT molecular complexity index is 665. The van der Waals surface area contributed by atoms with Crippen molar-refractivity contribution >= 4 is 35.0 Å². The van der Waals surface area contributed by atoms with Crippen LogP contribution in [0.2, 0.25) is 0 Å². The molecule has 154 valence electrons. The van der Waals surface area contributed by atoms with Crippen LogP contribution in [0.5, 0.6) is 11.5 Å². The van der Waals surface area contributed by atoms with Crippen LogP contribution in [0.15, 0.2) is 18.2 Å². The second-order valence-corrected chi connectivity index (χ2v) is 7.31. The Morgan fingerprint density at radius 1 is 1.07 bits per heavy atom. The summed E-state index contributed by atoms with van der Waals surface area (Å²) < 4.78 is 16.1. The largest absolute Gasteiger partial charge is 0.497 e. The molecule has 0 spiro atoms. The summed E-state index contributed by atoms with van der Waals surface area (Å²) in [6.45, 7) is 3.54. The number of carbonyl (C=O) groups is 2. The molecular weight excluding hydrogens is 375 g/mol. The lowest BCUT2D eigenvalue weighted by Gasteiger charge is -2.39. The molecule has 3 N–H and O–H groups in total. The molecule has 7 nitrogen and oxygen atoms in total. The van der Waals surface area contributed by atoms with Crippen LogP contribution < -0.4 is 15.2 Å². The average molecular weight is 406 g/mol. The lowest BCUT2D eigenvalue weighted by Crippen LogP contribution is -2.53. The minimum absolute atomic E-state index is 0. The summed E-state index contributed by atoms with van der Waals surface area (Å²) in [5, 5.41) is 9.25. The Kier molecular flexibility index (Phi) is 9.04. The van der Waals surface area contributed by atoms with E-state index in [1.54, 1.807) is 32.0 Å². The topological polar surface area (TPSA) is 108 Å². The maximum absolute atomic E-state index is 13.0. The van der Waals surface area contributed by atoms with Gasteiger partial charge in [-0.05, 0) is 63.1 Å². The summed E-state index contributed by atoms with van der Waals surface area (Å²) in [7, 11) is 3.06. The van der Waals surface area contributed by atoms with Gasteiger partial charge in [-0.2, -0.15) is 0 Å². The Labute approximate surface area is 182 Å². The van der Waals surface area contributed by atoms with Crippen molar-refractivity contribution in [3.63, 3.8) is 0 Å². The first-order valence-corrected chi connectivity index (χ1v) is 9.18. The highest BCUT2D eigenvalue weighted by Gasteiger charge is 2.47. The van der Waals surface area contributed by atoms with Crippen LogP contribution in [-0.2, 0) is 19.9 Å². The fraction of sp³-hybridized carbons (Fsp3) is 0.600. The van der Waals surface area contributed by atoms with E-state index in [9.17, 15) is 14.7 Å². The SMILES string of the molecule is COc1cc(OC)cc(C(N)(C(=O)OC(C)C)[C@H]2CC[C@H](C(=O)O)CC2)c1.[MgH2]. The molecule has 0 bridgehead atoms. The van der Waals surface area contributed by atoms with Crippen LogP contribution in [0.1, 0.15) is 45.1 Å². The lowest BCUT2D eigenvalue weighted by molar-refractivity contribution is -0.158. The number of methoxy groups -OCH3 is 2. The number of aliphatic carboxylic acids is 1. The number of nitrogens with two attached hydrogens (primary N) is 1. The molecule has 0 amide bonds. The van der Waals surface area contributed by atoms with Crippen molar-refractivity contribution in [2.75, 3.05) is 14.2 Å². The first kappa shape index (κ1) is 24.5. The van der Waals surface area contributed by atoms with E-state index in [1.165, 1.54) is 14.2 Å². The van der Waals surface area contributed by atoms with Crippen LogP contribution >= 0.6 is 0 Å². The predicted octanol–water partition coefficient (Wildman–Crippen LogP) is 1.78. The molecule has 1 aromatic carbocycles. The third-order valence-electron chi connectivity index (χ3n) is 5.23. The quantitative estimate of drug-likeness (QED) is 0.526. The summed E-state index contributed by atoms with van der Waals surface area (Å²) in [5.41, 5.74) is 5.86. The predicted molar refractivity (Wildman–Crippen MR) is 108 cm³/mol. The van der Waals surface area contributed by atoms with Gasteiger partial charge in [0.25, 0.3) is 0 Å². The Morgan fingerprint density at radius 2 is 1.57 bits per heavy atom. The van der Waals surface area contributed by atoms with E-state index in [0.717, 1.165) is 0 Å². The second kappa shape index (κ2) is 10.3. The highest BCUT2D eigenvalue weighted by Crippen LogP contribution is 2.42. The molecule has 0 heterocycles. The molecular formula is C20H31MgNO6. The van der Waals surface area contributed by atoms with Crippen molar-refractivity contribution in [3.8, 4) is 11.5 Å². The number of ether oxygens (including phenoxy) is 3. The Balaban J connectivity index is 0.00000392. The van der Waals surface area contributed by atoms with Crippen molar-refractivity contribution in [1.29, 1.82) is 0 Å². The summed E-state index contributed by atoms with van der Waals surface area (Å²) >= 11 is 0. The van der Waals surface area contributed by atoms with Gasteiger partial charge in [0.05, 0.1) is 26.2 Å². The zero-order valence-electron chi connectivity index (χ0n) is 16.4. The average Bonchev–Trinajstić information content (AvgIpc) is 2.66. The zero-order valence-corrected chi connectivity index (χ0v) is 16.4. The van der Waals surface area contributed by atoms with Crippen LogP contribution in [0.25, 0.3) is 0 Å². The van der Waals surface area contributed by atoms with E-state index < -0.39 is 23.4 Å². The molecule has 0 saturated heterocycles. The van der Waals surface area contributed by atoms with E-state index >= 15 is 0 Å². The lowest BCUT2D eigenvalue weighted by atomic mass is 9.69. The molecule has 1 aliphatic carbocycles. The number of esters is 1. The van der Waals surface area contributed by atoms with Gasteiger partial charge in [-0.1, -0.05) is 0 Å². The van der Waals surface area contributed by atoms with Gasteiger partial charge in [-0.3, -0.25) is 4.79 Å². The van der Waals surface area contributed by atoms with Crippen molar-refractivity contribution in [2.24, 2.45) is 17.6 Å². The second-order valence-electron chi connectivity index (χ2n) is 7.31. The van der Waals surface area contributed by atoms with Crippen LogP contribution in [0.3, 0.4) is 0 Å².